The zero-order chi connectivity index (χ0) is 17.9. The van der Waals surface area contributed by atoms with E-state index in [1.165, 1.54) is 11.3 Å². The van der Waals surface area contributed by atoms with Crippen LogP contribution in [0.2, 0.25) is 0 Å². The third-order valence-electron chi connectivity index (χ3n) is 4.12. The second kappa shape index (κ2) is 7.13. The molecule has 0 fully saturated rings. The van der Waals surface area contributed by atoms with Crippen molar-refractivity contribution < 1.29 is 4.79 Å². The molecule has 1 N–H and O–H groups in total. The van der Waals surface area contributed by atoms with E-state index in [9.17, 15) is 4.79 Å². The Morgan fingerprint density at radius 3 is 3.08 bits per heavy atom. The first-order valence-corrected chi connectivity index (χ1v) is 9.37. The van der Waals surface area contributed by atoms with Gasteiger partial charge in [0, 0.05) is 48.3 Å². The van der Waals surface area contributed by atoms with Crippen LogP contribution in [0.4, 0.5) is 0 Å². The highest BCUT2D eigenvalue weighted by atomic mass is 32.1. The Hall–Kier alpha value is -2.93. The fourth-order valence-electron chi connectivity index (χ4n) is 2.79. The molecule has 4 heterocycles. The Kier molecular flexibility index (Phi) is 4.53. The lowest BCUT2D eigenvalue weighted by molar-refractivity contribution is 0.0955. The predicted molar refractivity (Wildman–Crippen MR) is 102 cm³/mol. The van der Waals surface area contributed by atoms with Crippen molar-refractivity contribution in [2.45, 2.75) is 26.4 Å². The summed E-state index contributed by atoms with van der Waals surface area (Å²) in [6, 6.07) is 7.80. The summed E-state index contributed by atoms with van der Waals surface area (Å²) in [5, 5.41) is 7.32. The maximum atomic E-state index is 12.4. The number of nitrogens with zero attached hydrogens (tertiary/aromatic N) is 4. The average Bonchev–Trinajstić information content (AvgIpc) is 3.38. The van der Waals surface area contributed by atoms with Crippen LogP contribution in [-0.4, -0.2) is 25.1 Å². The Morgan fingerprint density at radius 2 is 2.19 bits per heavy atom. The van der Waals surface area contributed by atoms with Crippen molar-refractivity contribution in [1.82, 2.24) is 24.5 Å². The molecule has 1 amide bonds. The van der Waals surface area contributed by atoms with E-state index < -0.39 is 0 Å². The lowest BCUT2D eigenvalue weighted by atomic mass is 10.2. The van der Waals surface area contributed by atoms with E-state index in [1.807, 2.05) is 58.1 Å². The largest absolute Gasteiger partial charge is 0.347 e. The molecule has 0 aliphatic heterocycles. The highest BCUT2D eigenvalue weighted by Gasteiger charge is 2.11. The second-order valence-corrected chi connectivity index (χ2v) is 7.15. The lowest BCUT2D eigenvalue weighted by Crippen LogP contribution is -2.21. The van der Waals surface area contributed by atoms with Gasteiger partial charge in [-0.05, 0) is 36.2 Å². The van der Waals surface area contributed by atoms with E-state index in [4.69, 9.17) is 0 Å². The van der Waals surface area contributed by atoms with E-state index in [0.29, 0.717) is 11.4 Å². The highest BCUT2D eigenvalue weighted by Crippen LogP contribution is 2.27. The van der Waals surface area contributed by atoms with E-state index >= 15 is 0 Å². The van der Waals surface area contributed by atoms with E-state index in [1.54, 1.807) is 6.20 Å². The second-order valence-electron chi connectivity index (χ2n) is 6.07. The van der Waals surface area contributed by atoms with Gasteiger partial charge in [0.05, 0.1) is 11.1 Å². The molecule has 0 aromatic carbocycles. The summed E-state index contributed by atoms with van der Waals surface area (Å²) in [5.74, 6) is -0.0644. The molecule has 0 aliphatic rings. The quantitative estimate of drug-likeness (QED) is 0.568. The minimum atomic E-state index is -0.0644. The van der Waals surface area contributed by atoms with Crippen LogP contribution in [0.5, 0.6) is 0 Å². The number of carbonyl (C=O) groups excluding carboxylic acids is 1. The maximum absolute atomic E-state index is 12.4. The first kappa shape index (κ1) is 16.5. The molecule has 0 bridgehead atoms. The van der Waals surface area contributed by atoms with Gasteiger partial charge in [0.1, 0.15) is 5.65 Å². The number of amides is 1. The number of imidazole rings is 1. The molecule has 0 unspecified atom stereocenters. The molecule has 4 aromatic heterocycles. The zero-order valence-corrected chi connectivity index (χ0v) is 15.2. The first-order valence-electron chi connectivity index (χ1n) is 8.55. The molecule has 0 atom stereocenters. The number of carbonyl (C=O) groups is 1. The lowest BCUT2D eigenvalue weighted by Gasteiger charge is -2.04. The van der Waals surface area contributed by atoms with Gasteiger partial charge in [-0.1, -0.05) is 6.92 Å². The Morgan fingerprint density at radius 1 is 1.27 bits per heavy atom. The van der Waals surface area contributed by atoms with Crippen LogP contribution in [0, 0.1) is 0 Å². The fraction of sp³-hybridized carbons (Fsp3) is 0.211. The number of aryl methyl sites for hydroxylation is 1. The van der Waals surface area contributed by atoms with Crippen molar-refractivity contribution in [2.75, 3.05) is 0 Å². The third-order valence-corrected chi connectivity index (χ3v) is 5.25. The van der Waals surface area contributed by atoms with Crippen LogP contribution in [0.1, 0.15) is 28.6 Å². The molecule has 7 heteroatoms. The van der Waals surface area contributed by atoms with Crippen molar-refractivity contribution in [3.05, 3.63) is 65.7 Å². The molecular formula is C19H19N5OS. The number of rotatable bonds is 6. The zero-order valence-electron chi connectivity index (χ0n) is 14.4. The fourth-order valence-corrected chi connectivity index (χ4v) is 3.69. The Balaban J connectivity index is 1.42. The van der Waals surface area contributed by atoms with Gasteiger partial charge in [0.15, 0.2) is 0 Å². The number of hydrogen-bond donors (Lipinski definition) is 1. The normalized spacial score (nSPS) is 11.1. The third kappa shape index (κ3) is 3.39. The van der Waals surface area contributed by atoms with E-state index in [-0.39, 0.29) is 5.91 Å². The highest BCUT2D eigenvalue weighted by molar-refractivity contribution is 7.17. The number of aromatic nitrogens is 4. The SMILES string of the molecule is CCCn1cc(-c2ccc(C(=O)NCc3ccn4ccnc4c3)s2)cn1. The van der Waals surface area contributed by atoms with Crippen LogP contribution in [0.25, 0.3) is 16.1 Å². The van der Waals surface area contributed by atoms with Crippen molar-refractivity contribution in [1.29, 1.82) is 0 Å². The monoisotopic (exact) mass is 365 g/mol. The first-order chi connectivity index (χ1) is 12.7. The number of nitrogens with one attached hydrogen (secondary N) is 1. The molecule has 0 radical (unpaired) electrons. The summed E-state index contributed by atoms with van der Waals surface area (Å²) in [6.07, 6.45) is 10.5. The standard InChI is InChI=1S/C19H19N5OS/c1-2-7-24-13-15(12-22-24)16-3-4-17(26-16)19(25)21-11-14-5-8-23-9-6-20-18(23)10-14/h3-6,8-10,12-13H,2,7,11H2,1H3,(H,21,25). The summed E-state index contributed by atoms with van der Waals surface area (Å²) >= 11 is 1.48. The van der Waals surface area contributed by atoms with Crippen LogP contribution < -0.4 is 5.32 Å². The molecule has 4 rings (SSSR count). The molecule has 0 saturated heterocycles. The van der Waals surface area contributed by atoms with Gasteiger partial charge in [0.25, 0.3) is 5.91 Å². The van der Waals surface area contributed by atoms with Crippen LogP contribution in [0.3, 0.4) is 0 Å². The van der Waals surface area contributed by atoms with Gasteiger partial charge in [-0.2, -0.15) is 5.10 Å². The van der Waals surface area contributed by atoms with Crippen molar-refractivity contribution in [3.63, 3.8) is 0 Å². The molecule has 26 heavy (non-hydrogen) atoms. The molecular weight excluding hydrogens is 346 g/mol. The molecule has 0 spiro atoms. The van der Waals surface area contributed by atoms with E-state index in [0.717, 1.165) is 34.6 Å². The van der Waals surface area contributed by atoms with Crippen molar-refractivity contribution in [2.24, 2.45) is 0 Å². The predicted octanol–water partition coefficient (Wildman–Crippen LogP) is 3.60. The molecule has 6 nitrogen and oxygen atoms in total. The summed E-state index contributed by atoms with van der Waals surface area (Å²) < 4.78 is 3.87. The minimum Gasteiger partial charge on any atom is -0.347 e. The summed E-state index contributed by atoms with van der Waals surface area (Å²) in [6.45, 7) is 3.50. The molecule has 0 saturated carbocycles. The van der Waals surface area contributed by atoms with Gasteiger partial charge in [0.2, 0.25) is 0 Å². The van der Waals surface area contributed by atoms with Crippen LogP contribution in [-0.2, 0) is 13.1 Å². The van der Waals surface area contributed by atoms with Gasteiger partial charge in [-0.15, -0.1) is 11.3 Å². The van der Waals surface area contributed by atoms with Crippen LogP contribution in [0.15, 0.2) is 55.2 Å². The van der Waals surface area contributed by atoms with Crippen molar-refractivity contribution >= 4 is 22.9 Å². The summed E-state index contributed by atoms with van der Waals surface area (Å²) in [5.41, 5.74) is 2.95. The maximum Gasteiger partial charge on any atom is 0.261 e. The van der Waals surface area contributed by atoms with Gasteiger partial charge in [-0.3, -0.25) is 9.48 Å². The number of hydrogen-bond acceptors (Lipinski definition) is 4. The Labute approximate surface area is 155 Å². The number of fused-ring (bicyclic) bond motifs is 1. The van der Waals surface area contributed by atoms with Gasteiger partial charge in [-0.25, -0.2) is 4.98 Å². The summed E-state index contributed by atoms with van der Waals surface area (Å²) in [4.78, 5) is 18.5. The smallest absolute Gasteiger partial charge is 0.261 e. The van der Waals surface area contributed by atoms with Gasteiger partial charge >= 0.3 is 0 Å². The average molecular weight is 365 g/mol. The van der Waals surface area contributed by atoms with Crippen LogP contribution >= 0.6 is 11.3 Å². The van der Waals surface area contributed by atoms with E-state index in [2.05, 4.69) is 22.3 Å². The molecule has 0 aliphatic carbocycles. The Bertz CT molecular complexity index is 1050. The van der Waals surface area contributed by atoms with Crippen molar-refractivity contribution in [3.8, 4) is 10.4 Å². The molecule has 4 aromatic rings. The minimum absolute atomic E-state index is 0.0644. The topological polar surface area (TPSA) is 64.2 Å². The van der Waals surface area contributed by atoms with Gasteiger partial charge < -0.3 is 9.72 Å². The number of thiophene rings is 1. The number of pyridine rings is 1. The molecule has 132 valence electrons. The summed E-state index contributed by atoms with van der Waals surface area (Å²) in [7, 11) is 0.